The molecular formula is C25H20FN7O2. The van der Waals surface area contributed by atoms with Gasteiger partial charge in [0.1, 0.15) is 17.3 Å². The molecule has 0 bridgehead atoms. The Morgan fingerprint density at radius 2 is 1.77 bits per heavy atom. The van der Waals surface area contributed by atoms with E-state index in [9.17, 15) is 14.0 Å². The fourth-order valence-corrected chi connectivity index (χ4v) is 4.46. The molecule has 0 aliphatic carbocycles. The van der Waals surface area contributed by atoms with E-state index < -0.39 is 11.4 Å². The van der Waals surface area contributed by atoms with E-state index in [0.29, 0.717) is 42.6 Å². The van der Waals surface area contributed by atoms with Crippen molar-refractivity contribution in [1.82, 2.24) is 29.7 Å². The van der Waals surface area contributed by atoms with Gasteiger partial charge in [0.05, 0.1) is 10.9 Å². The minimum absolute atomic E-state index is 0.126. The standard InChI is InChI=1S/C25H20FN7O2/c26-19-6-2-1-5-17(19)22-23-28-24(34)18-9-8-16(15-20(18)33(23)30-29-22)25(35)32-13-11-31(12-14-32)21-7-3-4-10-27-21/h1-10,15,30H,11-14H2. The lowest BCUT2D eigenvalue weighted by atomic mass is 10.1. The third-order valence-electron chi connectivity index (χ3n) is 6.28. The number of benzene rings is 2. The monoisotopic (exact) mass is 469 g/mol. The van der Waals surface area contributed by atoms with E-state index in [1.165, 1.54) is 10.6 Å². The van der Waals surface area contributed by atoms with Gasteiger partial charge >= 0.3 is 0 Å². The number of fused-ring (bicyclic) bond motifs is 3. The Balaban J connectivity index is 1.34. The summed E-state index contributed by atoms with van der Waals surface area (Å²) >= 11 is 0. The summed E-state index contributed by atoms with van der Waals surface area (Å²) in [7, 11) is 0. The minimum Gasteiger partial charge on any atom is -0.353 e. The first kappa shape index (κ1) is 21.0. The maximum absolute atomic E-state index is 14.4. The molecule has 0 unspecified atom stereocenters. The summed E-state index contributed by atoms with van der Waals surface area (Å²) in [5, 5.41) is 7.36. The molecule has 4 heterocycles. The van der Waals surface area contributed by atoms with Crippen molar-refractivity contribution < 1.29 is 9.18 Å². The zero-order valence-electron chi connectivity index (χ0n) is 18.6. The molecule has 10 heteroatoms. The molecule has 1 saturated heterocycles. The average Bonchev–Trinajstić information content (AvgIpc) is 3.32. The second-order valence-electron chi connectivity index (χ2n) is 8.32. The fraction of sp³-hybridized carbons (Fsp3) is 0.160. The number of pyridine rings is 1. The van der Waals surface area contributed by atoms with E-state index in [4.69, 9.17) is 0 Å². The molecule has 3 aromatic heterocycles. The molecule has 1 aliphatic heterocycles. The molecule has 0 spiro atoms. The number of carbonyl (C=O) groups excluding carboxylic acids is 1. The topological polar surface area (TPSA) is 99.5 Å². The highest BCUT2D eigenvalue weighted by Crippen LogP contribution is 2.25. The van der Waals surface area contributed by atoms with Gasteiger partial charge < -0.3 is 9.80 Å². The van der Waals surface area contributed by atoms with Crippen LogP contribution in [0.2, 0.25) is 0 Å². The summed E-state index contributed by atoms with van der Waals surface area (Å²) < 4.78 is 15.9. The summed E-state index contributed by atoms with van der Waals surface area (Å²) in [6, 6.07) is 16.8. The van der Waals surface area contributed by atoms with Crippen LogP contribution in [0.1, 0.15) is 10.4 Å². The van der Waals surface area contributed by atoms with Crippen LogP contribution in [0, 0.1) is 5.82 Å². The third-order valence-corrected chi connectivity index (χ3v) is 6.28. The summed E-state index contributed by atoms with van der Waals surface area (Å²) in [6.07, 6.45) is 1.76. The molecule has 6 rings (SSSR count). The number of hydrogen-bond acceptors (Lipinski definition) is 6. The van der Waals surface area contributed by atoms with Crippen molar-refractivity contribution in [3.63, 3.8) is 0 Å². The van der Waals surface area contributed by atoms with Gasteiger partial charge in [0.2, 0.25) is 0 Å². The Kier molecular flexibility index (Phi) is 4.98. The van der Waals surface area contributed by atoms with E-state index in [-0.39, 0.29) is 22.8 Å². The van der Waals surface area contributed by atoms with E-state index in [1.807, 2.05) is 18.2 Å². The number of nitrogens with zero attached hydrogens (tertiary/aromatic N) is 6. The predicted molar refractivity (Wildman–Crippen MR) is 129 cm³/mol. The highest BCUT2D eigenvalue weighted by molar-refractivity contribution is 5.98. The minimum atomic E-state index is -0.470. The molecule has 2 aromatic carbocycles. The molecule has 35 heavy (non-hydrogen) atoms. The molecule has 9 nitrogen and oxygen atoms in total. The Morgan fingerprint density at radius 1 is 0.971 bits per heavy atom. The second-order valence-corrected chi connectivity index (χ2v) is 8.32. The fourth-order valence-electron chi connectivity index (χ4n) is 4.46. The van der Waals surface area contributed by atoms with Crippen LogP contribution in [0.4, 0.5) is 10.2 Å². The summed E-state index contributed by atoms with van der Waals surface area (Å²) in [6.45, 7) is 2.47. The van der Waals surface area contributed by atoms with Crippen molar-refractivity contribution in [2.75, 3.05) is 31.1 Å². The number of anilines is 1. The number of halogens is 1. The van der Waals surface area contributed by atoms with Crippen molar-refractivity contribution >= 4 is 28.3 Å². The molecular weight excluding hydrogens is 449 g/mol. The van der Waals surface area contributed by atoms with Gasteiger partial charge in [-0.2, -0.15) is 10.1 Å². The van der Waals surface area contributed by atoms with Crippen molar-refractivity contribution in [3.8, 4) is 11.3 Å². The van der Waals surface area contributed by atoms with Crippen molar-refractivity contribution in [3.05, 3.63) is 88.6 Å². The van der Waals surface area contributed by atoms with Crippen LogP contribution in [0.5, 0.6) is 0 Å². The van der Waals surface area contributed by atoms with E-state index >= 15 is 0 Å². The SMILES string of the molecule is O=C(c1ccc2c(=O)nc3c(-c4ccccc4F)n[nH]n3c2c1)N1CCN(c2ccccn2)CC1. The zero-order valence-corrected chi connectivity index (χ0v) is 18.6. The number of nitrogens with one attached hydrogen (secondary N) is 1. The lowest BCUT2D eigenvalue weighted by Crippen LogP contribution is -2.49. The van der Waals surface area contributed by atoms with Crippen molar-refractivity contribution in [1.29, 1.82) is 0 Å². The van der Waals surface area contributed by atoms with Crippen LogP contribution in [-0.4, -0.2) is 61.8 Å². The Labute approximate surface area is 198 Å². The van der Waals surface area contributed by atoms with Crippen LogP contribution in [0.15, 0.2) is 71.7 Å². The molecule has 1 N–H and O–H groups in total. The van der Waals surface area contributed by atoms with Crippen molar-refractivity contribution in [2.24, 2.45) is 0 Å². The first-order valence-corrected chi connectivity index (χ1v) is 11.2. The van der Waals surface area contributed by atoms with Crippen LogP contribution in [0.3, 0.4) is 0 Å². The van der Waals surface area contributed by atoms with Crippen LogP contribution in [-0.2, 0) is 0 Å². The highest BCUT2D eigenvalue weighted by atomic mass is 19.1. The number of rotatable bonds is 3. The van der Waals surface area contributed by atoms with Crippen molar-refractivity contribution in [2.45, 2.75) is 0 Å². The largest absolute Gasteiger partial charge is 0.353 e. The number of H-pyrrole nitrogens is 1. The molecule has 5 aromatic rings. The predicted octanol–water partition coefficient (Wildman–Crippen LogP) is 2.73. The van der Waals surface area contributed by atoms with Gasteiger partial charge in [-0.05, 0) is 42.5 Å². The normalized spacial score (nSPS) is 14.1. The highest BCUT2D eigenvalue weighted by Gasteiger charge is 2.24. The number of aromatic nitrogens is 5. The van der Waals surface area contributed by atoms with E-state index in [2.05, 4.69) is 25.2 Å². The molecule has 1 aliphatic rings. The smallest absolute Gasteiger partial charge is 0.281 e. The first-order chi connectivity index (χ1) is 17.1. The maximum atomic E-state index is 14.4. The molecule has 1 fully saturated rings. The lowest BCUT2D eigenvalue weighted by Gasteiger charge is -2.35. The van der Waals surface area contributed by atoms with Crippen LogP contribution < -0.4 is 10.5 Å². The summed E-state index contributed by atoms with van der Waals surface area (Å²) in [5.41, 5.74) is 1.08. The summed E-state index contributed by atoms with van der Waals surface area (Å²) in [4.78, 5) is 38.5. The molecule has 0 saturated carbocycles. The van der Waals surface area contributed by atoms with E-state index in [0.717, 1.165) is 5.82 Å². The van der Waals surface area contributed by atoms with Crippen LogP contribution in [0.25, 0.3) is 27.8 Å². The Morgan fingerprint density at radius 3 is 2.54 bits per heavy atom. The third kappa shape index (κ3) is 3.59. The molecule has 1 amide bonds. The summed E-state index contributed by atoms with van der Waals surface area (Å²) in [5.74, 6) is 0.300. The van der Waals surface area contributed by atoms with Gasteiger partial charge in [-0.3, -0.25) is 9.59 Å². The maximum Gasteiger partial charge on any atom is 0.281 e. The number of carbonyl (C=O) groups is 1. The molecule has 174 valence electrons. The quantitative estimate of drug-likeness (QED) is 0.436. The number of hydrogen-bond donors (Lipinski definition) is 1. The van der Waals surface area contributed by atoms with Gasteiger partial charge in [0.15, 0.2) is 5.65 Å². The van der Waals surface area contributed by atoms with Crippen LogP contribution >= 0.6 is 0 Å². The first-order valence-electron chi connectivity index (χ1n) is 11.2. The number of piperazine rings is 1. The number of amides is 1. The number of aromatic amines is 1. The van der Waals surface area contributed by atoms with Gasteiger partial charge in [0.25, 0.3) is 11.5 Å². The van der Waals surface area contributed by atoms with E-state index in [1.54, 1.807) is 47.5 Å². The molecule has 0 atom stereocenters. The van der Waals surface area contributed by atoms with Gasteiger partial charge in [0, 0.05) is 43.5 Å². The Bertz CT molecular complexity index is 1620. The van der Waals surface area contributed by atoms with Gasteiger partial charge in [-0.25, -0.2) is 19.1 Å². The zero-order chi connectivity index (χ0) is 23.9. The second kappa shape index (κ2) is 8.32. The van der Waals surface area contributed by atoms with Gasteiger partial charge in [-0.15, -0.1) is 0 Å². The lowest BCUT2D eigenvalue weighted by molar-refractivity contribution is 0.0746. The average molecular weight is 469 g/mol. The van der Waals surface area contributed by atoms with Gasteiger partial charge in [-0.1, -0.05) is 18.2 Å². The Hall–Kier alpha value is -4.60. The molecule has 0 radical (unpaired) electrons.